The summed E-state index contributed by atoms with van der Waals surface area (Å²) >= 11 is 0. The van der Waals surface area contributed by atoms with Gasteiger partial charge in [-0.05, 0) is 43.7 Å². The van der Waals surface area contributed by atoms with Crippen LogP contribution in [0.4, 0.5) is 4.39 Å². The number of aromatic nitrogens is 3. The SMILES string of the molecule is O=C1NCCCn2cc(nn2)CC2(CCN(C(=O)C3(c4ccccc4F)CC3)CC2)C(=O)N[C@H]1Cc1ccccc1. The Kier molecular flexibility index (Phi) is 7.32. The zero-order valence-corrected chi connectivity index (χ0v) is 23.0. The van der Waals surface area contributed by atoms with Gasteiger partial charge in [-0.1, -0.05) is 53.7 Å². The molecule has 214 valence electrons. The van der Waals surface area contributed by atoms with E-state index in [-0.39, 0.29) is 23.5 Å². The molecule has 3 heterocycles. The van der Waals surface area contributed by atoms with Crippen LogP contribution in [0.15, 0.2) is 60.8 Å². The number of piperidine rings is 1. The predicted molar refractivity (Wildman–Crippen MR) is 149 cm³/mol. The van der Waals surface area contributed by atoms with Gasteiger partial charge >= 0.3 is 0 Å². The van der Waals surface area contributed by atoms with Crippen molar-refractivity contribution in [2.24, 2.45) is 5.41 Å². The average molecular weight is 559 g/mol. The van der Waals surface area contributed by atoms with Crippen molar-refractivity contribution in [3.63, 3.8) is 0 Å². The maximum Gasteiger partial charge on any atom is 0.242 e. The third-order valence-electron chi connectivity index (χ3n) is 8.91. The van der Waals surface area contributed by atoms with Gasteiger partial charge in [0.1, 0.15) is 11.9 Å². The van der Waals surface area contributed by atoms with Crippen LogP contribution in [0, 0.1) is 11.2 Å². The number of hydrogen-bond donors (Lipinski definition) is 2. The number of carbonyl (C=O) groups excluding carboxylic acids is 3. The van der Waals surface area contributed by atoms with E-state index in [0.717, 1.165) is 5.56 Å². The highest BCUT2D eigenvalue weighted by molar-refractivity contribution is 5.93. The van der Waals surface area contributed by atoms with Gasteiger partial charge in [0, 0.05) is 50.8 Å². The second kappa shape index (κ2) is 11.1. The summed E-state index contributed by atoms with van der Waals surface area (Å²) in [6, 6.07) is 15.4. The monoisotopic (exact) mass is 558 g/mol. The number of hydrogen-bond acceptors (Lipinski definition) is 5. The standard InChI is InChI=1S/C31H35FN6O3/c32-25-10-5-4-9-24(25)31(11-12-31)29(41)37-17-13-30(14-18-37)20-23-21-38(36-35-23)16-6-15-33-27(39)26(34-28(30)40)19-22-7-2-1-3-8-22/h1-5,7-10,21,26H,6,11-20H2,(H,33,39)(H,34,40)/t26-/m0/s1. The van der Waals surface area contributed by atoms with Crippen molar-refractivity contribution in [1.29, 1.82) is 0 Å². The summed E-state index contributed by atoms with van der Waals surface area (Å²) < 4.78 is 16.4. The van der Waals surface area contributed by atoms with Crippen LogP contribution in [0.2, 0.25) is 0 Å². The number of rotatable bonds is 4. The molecule has 3 aliphatic rings. The van der Waals surface area contributed by atoms with Crippen molar-refractivity contribution in [2.45, 2.75) is 62.9 Å². The Morgan fingerprint density at radius 1 is 0.976 bits per heavy atom. The summed E-state index contributed by atoms with van der Waals surface area (Å²) in [6.45, 7) is 1.80. The highest BCUT2D eigenvalue weighted by Gasteiger charge is 2.55. The summed E-state index contributed by atoms with van der Waals surface area (Å²) in [5.41, 5.74) is 0.441. The van der Waals surface area contributed by atoms with E-state index in [1.807, 2.05) is 36.5 Å². The third kappa shape index (κ3) is 5.47. The van der Waals surface area contributed by atoms with Gasteiger partial charge < -0.3 is 15.5 Å². The molecule has 1 atom stereocenters. The molecule has 1 spiro atoms. The minimum absolute atomic E-state index is 0.0743. The van der Waals surface area contributed by atoms with E-state index >= 15 is 0 Å². The molecule has 0 radical (unpaired) electrons. The van der Waals surface area contributed by atoms with Crippen molar-refractivity contribution < 1.29 is 18.8 Å². The topological polar surface area (TPSA) is 109 Å². The quantitative estimate of drug-likeness (QED) is 0.512. The molecular weight excluding hydrogens is 523 g/mol. The highest BCUT2D eigenvalue weighted by Crippen LogP contribution is 2.51. The first-order valence-corrected chi connectivity index (χ1v) is 14.4. The van der Waals surface area contributed by atoms with Crippen LogP contribution >= 0.6 is 0 Å². The van der Waals surface area contributed by atoms with Crippen molar-refractivity contribution in [1.82, 2.24) is 30.5 Å². The van der Waals surface area contributed by atoms with E-state index in [2.05, 4.69) is 20.9 Å². The Balaban J connectivity index is 1.24. The van der Waals surface area contributed by atoms with Crippen molar-refractivity contribution in [3.8, 4) is 0 Å². The van der Waals surface area contributed by atoms with Crippen LogP contribution in [0.1, 0.15) is 48.9 Å². The van der Waals surface area contributed by atoms with Crippen LogP contribution < -0.4 is 10.6 Å². The van der Waals surface area contributed by atoms with E-state index < -0.39 is 16.9 Å². The van der Waals surface area contributed by atoms with Gasteiger partial charge in [0.25, 0.3) is 0 Å². The fourth-order valence-corrected chi connectivity index (χ4v) is 6.32. The number of halogens is 1. The number of nitrogens with one attached hydrogen (secondary N) is 2. The molecule has 41 heavy (non-hydrogen) atoms. The van der Waals surface area contributed by atoms with E-state index in [1.54, 1.807) is 27.8 Å². The first-order valence-electron chi connectivity index (χ1n) is 14.4. The molecule has 10 heteroatoms. The maximum absolute atomic E-state index is 14.7. The molecule has 1 aromatic heterocycles. The molecule has 2 fully saturated rings. The molecule has 6 rings (SSSR count). The number of carbonyl (C=O) groups is 3. The zero-order chi connectivity index (χ0) is 28.5. The number of fused-ring (bicyclic) bond motifs is 2. The molecule has 2 aromatic carbocycles. The Hall–Kier alpha value is -4.08. The van der Waals surface area contributed by atoms with Crippen LogP contribution in [-0.4, -0.2) is 63.3 Å². The fourth-order valence-electron chi connectivity index (χ4n) is 6.32. The molecule has 2 N–H and O–H groups in total. The Morgan fingerprint density at radius 2 is 1.71 bits per heavy atom. The molecule has 2 bridgehead atoms. The van der Waals surface area contributed by atoms with E-state index in [9.17, 15) is 18.8 Å². The summed E-state index contributed by atoms with van der Waals surface area (Å²) in [4.78, 5) is 42.8. The first kappa shape index (κ1) is 27.1. The lowest BCUT2D eigenvalue weighted by Crippen LogP contribution is -2.57. The molecule has 1 saturated carbocycles. The Bertz CT molecular complexity index is 1430. The van der Waals surface area contributed by atoms with Crippen LogP contribution in [-0.2, 0) is 39.2 Å². The lowest BCUT2D eigenvalue weighted by molar-refractivity contribution is -0.143. The number of aryl methyl sites for hydroxylation is 1. The normalized spacial score (nSPS) is 22.1. The number of benzene rings is 2. The first-order chi connectivity index (χ1) is 19.9. The van der Waals surface area contributed by atoms with Crippen molar-refractivity contribution >= 4 is 17.7 Å². The second-order valence-corrected chi connectivity index (χ2v) is 11.6. The summed E-state index contributed by atoms with van der Waals surface area (Å²) in [5.74, 6) is -0.866. The average Bonchev–Trinajstić information content (AvgIpc) is 3.68. The second-order valence-electron chi connectivity index (χ2n) is 11.6. The molecule has 9 nitrogen and oxygen atoms in total. The molecule has 0 unspecified atom stereocenters. The molecule has 1 aliphatic carbocycles. The van der Waals surface area contributed by atoms with Crippen molar-refractivity contribution in [3.05, 3.63) is 83.4 Å². The number of amides is 3. The molecule has 2 aliphatic heterocycles. The molecule has 1 saturated heterocycles. The van der Waals surface area contributed by atoms with Gasteiger partial charge in [-0.25, -0.2) is 4.39 Å². The van der Waals surface area contributed by atoms with Crippen LogP contribution in [0.25, 0.3) is 0 Å². The zero-order valence-electron chi connectivity index (χ0n) is 23.0. The van der Waals surface area contributed by atoms with Gasteiger partial charge in [0.05, 0.1) is 16.5 Å². The van der Waals surface area contributed by atoms with Gasteiger partial charge in [-0.3, -0.25) is 19.1 Å². The van der Waals surface area contributed by atoms with E-state index in [0.29, 0.717) is 82.4 Å². The van der Waals surface area contributed by atoms with Gasteiger partial charge in [0.15, 0.2) is 0 Å². The van der Waals surface area contributed by atoms with Gasteiger partial charge in [-0.2, -0.15) is 0 Å². The van der Waals surface area contributed by atoms with Crippen LogP contribution in [0.3, 0.4) is 0 Å². The summed E-state index contributed by atoms with van der Waals surface area (Å²) in [7, 11) is 0. The number of likely N-dealkylation sites (tertiary alicyclic amines) is 1. The van der Waals surface area contributed by atoms with Crippen LogP contribution in [0.5, 0.6) is 0 Å². The molecule has 3 amide bonds. The Morgan fingerprint density at radius 3 is 2.44 bits per heavy atom. The fraction of sp³-hybridized carbons (Fsp3) is 0.452. The molecule has 3 aromatic rings. The highest BCUT2D eigenvalue weighted by atomic mass is 19.1. The predicted octanol–water partition coefficient (Wildman–Crippen LogP) is 2.55. The minimum Gasteiger partial charge on any atom is -0.354 e. The lowest BCUT2D eigenvalue weighted by Gasteiger charge is -2.42. The number of nitrogens with zero attached hydrogens (tertiary/aromatic N) is 4. The molecular formula is C31H35FN6O3. The summed E-state index contributed by atoms with van der Waals surface area (Å²) in [5, 5.41) is 14.6. The van der Waals surface area contributed by atoms with Gasteiger partial charge in [-0.15, -0.1) is 5.10 Å². The smallest absolute Gasteiger partial charge is 0.242 e. The lowest BCUT2D eigenvalue weighted by atomic mass is 9.73. The summed E-state index contributed by atoms with van der Waals surface area (Å²) in [6.07, 6.45) is 5.34. The van der Waals surface area contributed by atoms with Crippen molar-refractivity contribution in [2.75, 3.05) is 19.6 Å². The Labute approximate surface area is 238 Å². The largest absolute Gasteiger partial charge is 0.354 e. The van der Waals surface area contributed by atoms with E-state index in [1.165, 1.54) is 6.07 Å². The van der Waals surface area contributed by atoms with E-state index in [4.69, 9.17) is 0 Å². The minimum atomic E-state index is -0.865. The third-order valence-corrected chi connectivity index (χ3v) is 8.91. The maximum atomic E-state index is 14.7. The van der Waals surface area contributed by atoms with Gasteiger partial charge in [0.2, 0.25) is 17.7 Å².